The maximum Gasteiger partial charge on any atom is 0.249 e. The van der Waals surface area contributed by atoms with Crippen molar-refractivity contribution < 1.29 is 14.7 Å². The van der Waals surface area contributed by atoms with Crippen LogP contribution in [0.15, 0.2) is 0 Å². The predicted molar refractivity (Wildman–Crippen MR) is 97.5 cm³/mol. The van der Waals surface area contributed by atoms with Crippen LogP contribution in [-0.2, 0) is 9.59 Å². The molecule has 0 saturated carbocycles. The summed E-state index contributed by atoms with van der Waals surface area (Å²) in [4.78, 5) is 23.3. The molecule has 0 aliphatic rings. The van der Waals surface area contributed by atoms with E-state index in [1.54, 1.807) is 20.8 Å². The van der Waals surface area contributed by atoms with E-state index in [4.69, 9.17) is 0 Å². The van der Waals surface area contributed by atoms with Gasteiger partial charge in [0.2, 0.25) is 11.8 Å². The van der Waals surface area contributed by atoms with Crippen molar-refractivity contribution in [2.24, 2.45) is 10.8 Å². The number of aliphatic hydroxyl groups excluding tert-OH is 1. The Kier molecular flexibility index (Phi) is 9.85. The van der Waals surface area contributed by atoms with Gasteiger partial charge in [0.05, 0.1) is 0 Å². The van der Waals surface area contributed by atoms with Crippen molar-refractivity contribution in [2.45, 2.75) is 60.5 Å². The molecule has 0 rings (SSSR count). The Bertz CT molecular complexity index is 373. The minimum atomic E-state index is -1.07. The topological polar surface area (TPSA) is 78.4 Å². The summed E-state index contributed by atoms with van der Waals surface area (Å²) in [6.07, 6.45) is 0.327. The van der Waals surface area contributed by atoms with Gasteiger partial charge in [0, 0.05) is 25.3 Å². The van der Waals surface area contributed by atoms with Gasteiger partial charge in [-0.05, 0) is 23.0 Å². The molecule has 0 aromatic carbocycles. The molecule has 0 fully saturated rings. The van der Waals surface area contributed by atoms with Gasteiger partial charge in [0.15, 0.2) is 0 Å². The van der Waals surface area contributed by atoms with Crippen molar-refractivity contribution in [2.75, 3.05) is 24.6 Å². The zero-order chi connectivity index (χ0) is 18.1. The van der Waals surface area contributed by atoms with Gasteiger partial charge in [-0.25, -0.2) is 0 Å². The van der Waals surface area contributed by atoms with Crippen molar-refractivity contribution in [3.8, 4) is 0 Å². The van der Waals surface area contributed by atoms with Crippen molar-refractivity contribution >= 4 is 23.6 Å². The van der Waals surface area contributed by atoms with Crippen molar-refractivity contribution in [1.82, 2.24) is 10.6 Å². The zero-order valence-electron chi connectivity index (χ0n) is 15.5. The first-order chi connectivity index (χ1) is 10.4. The van der Waals surface area contributed by atoms with Crippen LogP contribution in [0.5, 0.6) is 0 Å². The Hall–Kier alpha value is -0.750. The summed E-state index contributed by atoms with van der Waals surface area (Å²) in [6.45, 7) is 12.9. The molecule has 0 saturated heterocycles. The summed E-state index contributed by atoms with van der Waals surface area (Å²) in [6, 6.07) is 0. The van der Waals surface area contributed by atoms with E-state index in [1.807, 2.05) is 11.8 Å². The Balaban J connectivity index is 3.67. The van der Waals surface area contributed by atoms with E-state index in [2.05, 4.69) is 31.4 Å². The van der Waals surface area contributed by atoms with E-state index in [0.717, 1.165) is 17.9 Å². The second-order valence-corrected chi connectivity index (χ2v) is 9.31. The summed E-state index contributed by atoms with van der Waals surface area (Å²) in [5.74, 6) is 1.49. The van der Waals surface area contributed by atoms with E-state index in [1.165, 1.54) is 0 Å². The fraction of sp³-hybridized carbons (Fsp3) is 0.882. The van der Waals surface area contributed by atoms with Crippen LogP contribution in [-0.4, -0.2) is 47.6 Å². The van der Waals surface area contributed by atoms with Crippen molar-refractivity contribution in [3.05, 3.63) is 0 Å². The number of carbonyl (C=O) groups is 2. The van der Waals surface area contributed by atoms with Gasteiger partial charge < -0.3 is 15.7 Å². The van der Waals surface area contributed by atoms with Gasteiger partial charge >= 0.3 is 0 Å². The molecule has 0 aliphatic carbocycles. The standard InChI is InChI=1S/C17H34N2O3S/c1-16(2,3)8-11-23-12-10-18-13(20)7-9-19-15(22)14(21)17(4,5)6/h14,21H,7-12H2,1-6H3,(H,18,20)(H,19,22). The molecule has 23 heavy (non-hydrogen) atoms. The fourth-order valence-corrected chi connectivity index (χ4v) is 2.83. The van der Waals surface area contributed by atoms with Crippen LogP contribution >= 0.6 is 11.8 Å². The van der Waals surface area contributed by atoms with Crippen LogP contribution in [0.4, 0.5) is 0 Å². The van der Waals surface area contributed by atoms with E-state index in [0.29, 0.717) is 12.0 Å². The Morgan fingerprint density at radius 2 is 1.61 bits per heavy atom. The number of aliphatic hydroxyl groups is 1. The summed E-state index contributed by atoms with van der Waals surface area (Å²) in [5.41, 5.74) is -0.150. The quantitative estimate of drug-likeness (QED) is 0.559. The SMILES string of the molecule is CC(C)(C)CCSCCNC(=O)CCNC(=O)C(O)C(C)(C)C. The second-order valence-electron chi connectivity index (χ2n) is 8.08. The molecule has 3 N–H and O–H groups in total. The molecular formula is C17H34N2O3S. The zero-order valence-corrected chi connectivity index (χ0v) is 16.3. The Labute approximate surface area is 145 Å². The van der Waals surface area contributed by atoms with Gasteiger partial charge in [0.25, 0.3) is 0 Å². The van der Waals surface area contributed by atoms with Crippen molar-refractivity contribution in [1.29, 1.82) is 0 Å². The molecule has 0 spiro atoms. The number of rotatable bonds is 9. The monoisotopic (exact) mass is 346 g/mol. The van der Waals surface area contributed by atoms with E-state index < -0.39 is 17.4 Å². The number of thioether (sulfide) groups is 1. The Morgan fingerprint density at radius 3 is 2.13 bits per heavy atom. The van der Waals surface area contributed by atoms with Crippen molar-refractivity contribution in [3.63, 3.8) is 0 Å². The molecule has 1 unspecified atom stereocenters. The molecule has 0 heterocycles. The summed E-state index contributed by atoms with van der Waals surface area (Å²) in [7, 11) is 0. The highest BCUT2D eigenvalue weighted by Gasteiger charge is 2.28. The molecule has 6 heteroatoms. The van der Waals surface area contributed by atoms with E-state index >= 15 is 0 Å². The highest BCUT2D eigenvalue weighted by atomic mass is 32.2. The summed E-state index contributed by atoms with van der Waals surface area (Å²) in [5, 5.41) is 15.2. The molecule has 2 amide bonds. The van der Waals surface area contributed by atoms with Crippen LogP contribution in [0, 0.1) is 10.8 Å². The van der Waals surface area contributed by atoms with Gasteiger partial charge in [-0.1, -0.05) is 41.5 Å². The highest BCUT2D eigenvalue weighted by Crippen LogP contribution is 2.21. The van der Waals surface area contributed by atoms with Crippen LogP contribution in [0.2, 0.25) is 0 Å². The lowest BCUT2D eigenvalue weighted by atomic mass is 9.89. The van der Waals surface area contributed by atoms with E-state index in [9.17, 15) is 14.7 Å². The molecule has 0 bridgehead atoms. The molecule has 0 aromatic heterocycles. The van der Waals surface area contributed by atoms with Crippen LogP contribution in [0.1, 0.15) is 54.4 Å². The minimum Gasteiger partial charge on any atom is -0.383 e. The second kappa shape index (κ2) is 10.2. The molecule has 1 atom stereocenters. The molecular weight excluding hydrogens is 312 g/mol. The highest BCUT2D eigenvalue weighted by molar-refractivity contribution is 7.99. The average Bonchev–Trinajstić information content (AvgIpc) is 2.39. The Morgan fingerprint density at radius 1 is 1.00 bits per heavy atom. The average molecular weight is 347 g/mol. The first-order valence-corrected chi connectivity index (χ1v) is 9.39. The van der Waals surface area contributed by atoms with Gasteiger partial charge in [-0.3, -0.25) is 9.59 Å². The number of hydrogen-bond donors (Lipinski definition) is 3. The number of hydrogen-bond acceptors (Lipinski definition) is 4. The lowest BCUT2D eigenvalue weighted by Crippen LogP contribution is -2.43. The largest absolute Gasteiger partial charge is 0.383 e. The maximum absolute atomic E-state index is 11.7. The lowest BCUT2D eigenvalue weighted by molar-refractivity contribution is -0.134. The third kappa shape index (κ3) is 12.4. The molecule has 136 valence electrons. The van der Waals surface area contributed by atoms with Gasteiger partial charge in [0.1, 0.15) is 6.10 Å². The first-order valence-electron chi connectivity index (χ1n) is 8.24. The third-order valence-corrected chi connectivity index (χ3v) is 4.27. The maximum atomic E-state index is 11.7. The molecule has 5 nitrogen and oxygen atoms in total. The fourth-order valence-electron chi connectivity index (χ4n) is 1.62. The smallest absolute Gasteiger partial charge is 0.249 e. The minimum absolute atomic E-state index is 0.0769. The summed E-state index contributed by atoms with van der Waals surface area (Å²) >= 11 is 1.84. The lowest BCUT2D eigenvalue weighted by Gasteiger charge is -2.24. The van der Waals surface area contributed by atoms with Crippen LogP contribution < -0.4 is 10.6 Å². The third-order valence-electron chi connectivity index (χ3n) is 3.28. The summed E-state index contributed by atoms with van der Waals surface area (Å²) < 4.78 is 0. The number of nitrogens with one attached hydrogen (secondary N) is 2. The molecule has 0 aromatic rings. The molecule has 0 radical (unpaired) electrons. The predicted octanol–water partition coefficient (Wildman–Crippen LogP) is 2.19. The number of amides is 2. The first kappa shape index (κ1) is 22.2. The van der Waals surface area contributed by atoms with Gasteiger partial charge in [-0.2, -0.15) is 11.8 Å². The van der Waals surface area contributed by atoms with Gasteiger partial charge in [-0.15, -0.1) is 0 Å². The van der Waals surface area contributed by atoms with Crippen LogP contribution in [0.3, 0.4) is 0 Å². The molecule has 0 aliphatic heterocycles. The van der Waals surface area contributed by atoms with Crippen LogP contribution in [0.25, 0.3) is 0 Å². The number of carbonyl (C=O) groups excluding carboxylic acids is 2. The van der Waals surface area contributed by atoms with E-state index in [-0.39, 0.29) is 18.9 Å². The normalized spacial score (nSPS) is 13.5.